The minimum Gasteiger partial charge on any atom is -0.494 e. The monoisotopic (exact) mass is 435 g/mol. The summed E-state index contributed by atoms with van der Waals surface area (Å²) in [5.41, 5.74) is 0.977. The SMILES string of the molecule is COc1ccc(S(=O)(=O)N2CCC[C@]3(C2)OCCc2cnc(C(C)C)nc23)cc1F. The Morgan fingerprint density at radius 3 is 2.83 bits per heavy atom. The van der Waals surface area contributed by atoms with Crippen LogP contribution in [0, 0.1) is 5.82 Å². The second-order valence-electron chi connectivity index (χ2n) is 8.09. The number of hydrogen-bond acceptors (Lipinski definition) is 6. The second-order valence-corrected chi connectivity index (χ2v) is 10.0. The molecule has 1 saturated heterocycles. The molecule has 2 aromatic rings. The summed E-state index contributed by atoms with van der Waals surface area (Å²) in [6, 6.07) is 3.70. The maximum atomic E-state index is 14.2. The zero-order valence-corrected chi connectivity index (χ0v) is 18.2. The topological polar surface area (TPSA) is 81.6 Å². The van der Waals surface area contributed by atoms with Crippen molar-refractivity contribution in [1.82, 2.24) is 14.3 Å². The first-order valence-corrected chi connectivity index (χ1v) is 11.5. The van der Waals surface area contributed by atoms with Crippen LogP contribution in [0.4, 0.5) is 4.39 Å². The standard InChI is InChI=1S/C21H26FN3O4S/c1-14(2)20-23-12-15-7-10-29-21(19(15)24-20)8-4-9-25(13-21)30(26,27)16-5-6-18(28-3)17(22)11-16/h5-6,11-12,14H,4,7-10,13H2,1-3H3/t21-/m1/s1. The average Bonchev–Trinajstić information content (AvgIpc) is 2.74. The number of methoxy groups -OCH3 is 1. The number of benzene rings is 1. The van der Waals surface area contributed by atoms with Gasteiger partial charge in [-0.05, 0) is 43.0 Å². The van der Waals surface area contributed by atoms with Crippen molar-refractivity contribution in [3.05, 3.63) is 47.3 Å². The fourth-order valence-corrected chi connectivity index (χ4v) is 5.70. The van der Waals surface area contributed by atoms with E-state index in [-0.39, 0.29) is 23.1 Å². The lowest BCUT2D eigenvalue weighted by molar-refractivity contribution is -0.0936. The van der Waals surface area contributed by atoms with E-state index in [1.54, 1.807) is 0 Å². The maximum absolute atomic E-state index is 14.2. The fraction of sp³-hybridized carbons (Fsp3) is 0.524. The number of piperidine rings is 1. The predicted molar refractivity (Wildman–Crippen MR) is 108 cm³/mol. The molecule has 0 radical (unpaired) electrons. The van der Waals surface area contributed by atoms with Gasteiger partial charge in [-0.2, -0.15) is 4.31 Å². The molecule has 0 aliphatic carbocycles. The number of sulfonamides is 1. The molecule has 1 atom stereocenters. The van der Waals surface area contributed by atoms with Crippen LogP contribution in [0.2, 0.25) is 0 Å². The lowest BCUT2D eigenvalue weighted by Gasteiger charge is -2.44. The van der Waals surface area contributed by atoms with Crippen molar-refractivity contribution in [2.45, 2.75) is 49.5 Å². The summed E-state index contributed by atoms with van der Waals surface area (Å²) >= 11 is 0. The first-order valence-electron chi connectivity index (χ1n) is 10.1. The van der Waals surface area contributed by atoms with Crippen molar-refractivity contribution in [1.29, 1.82) is 0 Å². The average molecular weight is 436 g/mol. The van der Waals surface area contributed by atoms with Crippen LogP contribution in [0.15, 0.2) is 29.3 Å². The first kappa shape index (κ1) is 21.1. The number of rotatable bonds is 4. The number of ether oxygens (including phenoxy) is 2. The van der Waals surface area contributed by atoms with Gasteiger partial charge < -0.3 is 9.47 Å². The summed E-state index contributed by atoms with van der Waals surface area (Å²) in [7, 11) is -2.56. The third kappa shape index (κ3) is 3.59. The Bertz CT molecular complexity index is 1060. The first-order chi connectivity index (χ1) is 14.3. The highest BCUT2D eigenvalue weighted by molar-refractivity contribution is 7.89. The Morgan fingerprint density at radius 1 is 1.33 bits per heavy atom. The Hall–Kier alpha value is -2.10. The molecule has 9 heteroatoms. The van der Waals surface area contributed by atoms with Crippen molar-refractivity contribution in [2.24, 2.45) is 0 Å². The van der Waals surface area contributed by atoms with E-state index in [4.69, 9.17) is 14.5 Å². The van der Waals surface area contributed by atoms with E-state index in [1.807, 2.05) is 20.0 Å². The molecule has 1 aromatic heterocycles. The van der Waals surface area contributed by atoms with Crippen LogP contribution in [0.5, 0.6) is 5.75 Å². The van der Waals surface area contributed by atoms with Crippen molar-refractivity contribution in [3.8, 4) is 5.75 Å². The van der Waals surface area contributed by atoms with Gasteiger partial charge in [0.15, 0.2) is 11.6 Å². The molecule has 0 N–H and O–H groups in total. The van der Waals surface area contributed by atoms with Gasteiger partial charge in [-0.3, -0.25) is 0 Å². The molecular weight excluding hydrogens is 409 g/mol. The second kappa shape index (κ2) is 7.86. The fourth-order valence-electron chi connectivity index (χ4n) is 4.16. The maximum Gasteiger partial charge on any atom is 0.243 e. The lowest BCUT2D eigenvalue weighted by Crippen LogP contribution is -2.52. The molecule has 4 rings (SSSR count). The summed E-state index contributed by atoms with van der Waals surface area (Å²) < 4.78 is 53.2. The normalized spacial score (nSPS) is 22.3. The molecule has 7 nitrogen and oxygen atoms in total. The molecule has 30 heavy (non-hydrogen) atoms. The van der Waals surface area contributed by atoms with Crippen molar-refractivity contribution in [3.63, 3.8) is 0 Å². The van der Waals surface area contributed by atoms with Gasteiger partial charge in [0.2, 0.25) is 10.0 Å². The molecule has 0 bridgehead atoms. The highest BCUT2D eigenvalue weighted by Crippen LogP contribution is 2.41. The van der Waals surface area contributed by atoms with Crippen LogP contribution in [0.1, 0.15) is 49.7 Å². The van der Waals surface area contributed by atoms with E-state index >= 15 is 0 Å². The molecule has 0 saturated carbocycles. The van der Waals surface area contributed by atoms with Crippen LogP contribution in [-0.4, -0.2) is 49.5 Å². The largest absolute Gasteiger partial charge is 0.494 e. The van der Waals surface area contributed by atoms with Crippen LogP contribution in [0.25, 0.3) is 0 Å². The summed E-state index contributed by atoms with van der Waals surface area (Å²) in [6.45, 7) is 5.02. The van der Waals surface area contributed by atoms with Gasteiger partial charge in [0.1, 0.15) is 11.4 Å². The van der Waals surface area contributed by atoms with E-state index in [0.717, 1.165) is 23.1 Å². The molecule has 0 amide bonds. The predicted octanol–water partition coefficient (Wildman–Crippen LogP) is 3.00. The summed E-state index contributed by atoms with van der Waals surface area (Å²) in [4.78, 5) is 9.14. The molecule has 1 spiro atoms. The van der Waals surface area contributed by atoms with E-state index in [0.29, 0.717) is 32.4 Å². The van der Waals surface area contributed by atoms with Crippen molar-refractivity contribution >= 4 is 10.0 Å². The van der Waals surface area contributed by atoms with E-state index in [9.17, 15) is 12.8 Å². The van der Waals surface area contributed by atoms with Crippen LogP contribution >= 0.6 is 0 Å². The minimum atomic E-state index is -3.90. The molecule has 3 heterocycles. The molecule has 2 aliphatic heterocycles. The van der Waals surface area contributed by atoms with Gasteiger partial charge >= 0.3 is 0 Å². The highest BCUT2D eigenvalue weighted by Gasteiger charge is 2.46. The van der Waals surface area contributed by atoms with Gasteiger partial charge in [-0.1, -0.05) is 13.8 Å². The molecule has 1 fully saturated rings. The van der Waals surface area contributed by atoms with Gasteiger partial charge in [0.05, 0.1) is 24.3 Å². The van der Waals surface area contributed by atoms with E-state index in [2.05, 4.69) is 4.98 Å². The third-order valence-corrected chi connectivity index (χ3v) is 7.60. The Balaban J connectivity index is 1.70. The molecule has 162 valence electrons. The van der Waals surface area contributed by atoms with Crippen molar-refractivity contribution < 1.29 is 22.3 Å². The van der Waals surface area contributed by atoms with Gasteiger partial charge in [0, 0.05) is 25.2 Å². The van der Waals surface area contributed by atoms with E-state index in [1.165, 1.54) is 23.5 Å². The zero-order chi connectivity index (χ0) is 21.5. The Morgan fingerprint density at radius 2 is 2.13 bits per heavy atom. The zero-order valence-electron chi connectivity index (χ0n) is 17.4. The third-order valence-electron chi connectivity index (χ3n) is 5.76. The quantitative estimate of drug-likeness (QED) is 0.734. The molecule has 1 aromatic carbocycles. The summed E-state index contributed by atoms with van der Waals surface area (Å²) in [5, 5.41) is 0. The van der Waals surface area contributed by atoms with Crippen LogP contribution < -0.4 is 4.74 Å². The Kier molecular flexibility index (Phi) is 5.54. The minimum absolute atomic E-state index is 0.00604. The highest BCUT2D eigenvalue weighted by atomic mass is 32.2. The van der Waals surface area contributed by atoms with Crippen LogP contribution in [0.3, 0.4) is 0 Å². The van der Waals surface area contributed by atoms with Crippen molar-refractivity contribution in [2.75, 3.05) is 26.8 Å². The van der Waals surface area contributed by atoms with Gasteiger partial charge in [-0.25, -0.2) is 22.8 Å². The number of fused-ring (bicyclic) bond motifs is 2. The number of halogens is 1. The number of hydrogen-bond donors (Lipinski definition) is 0. The molecule has 0 unspecified atom stereocenters. The molecule has 2 aliphatic rings. The number of nitrogens with zero attached hydrogens (tertiary/aromatic N) is 3. The summed E-state index contributed by atoms with van der Waals surface area (Å²) in [6.07, 6.45) is 3.84. The summed E-state index contributed by atoms with van der Waals surface area (Å²) in [5.74, 6) is 0.168. The Labute approximate surface area is 176 Å². The van der Waals surface area contributed by atoms with Crippen LogP contribution in [-0.2, 0) is 26.8 Å². The number of aromatic nitrogens is 2. The molecular formula is C21H26FN3O4S. The smallest absolute Gasteiger partial charge is 0.243 e. The lowest BCUT2D eigenvalue weighted by atomic mass is 9.85. The van der Waals surface area contributed by atoms with E-state index < -0.39 is 21.4 Å². The van der Waals surface area contributed by atoms with Gasteiger partial charge in [0.25, 0.3) is 0 Å². The van der Waals surface area contributed by atoms with Gasteiger partial charge in [-0.15, -0.1) is 0 Å².